The molecule has 0 unspecified atom stereocenters. The van der Waals surface area contributed by atoms with Crippen LogP contribution in [0.1, 0.15) is 55.7 Å². The maximum atomic E-state index is 14.2. The Bertz CT molecular complexity index is 1450. The molecule has 9 heteroatoms. The van der Waals surface area contributed by atoms with Gasteiger partial charge in [-0.05, 0) is 75.1 Å². The highest BCUT2D eigenvalue weighted by atomic mass is 35.5. The zero-order chi connectivity index (χ0) is 29.6. The van der Waals surface area contributed by atoms with E-state index in [-0.39, 0.29) is 23.4 Å². The van der Waals surface area contributed by atoms with Crippen molar-refractivity contribution in [2.75, 3.05) is 10.8 Å². The Balaban J connectivity index is 1.71. The average molecular weight is 596 g/mol. The van der Waals surface area contributed by atoms with Crippen LogP contribution in [0.25, 0.3) is 0 Å². The smallest absolute Gasteiger partial charge is 0.264 e. The molecule has 218 valence electrons. The molecule has 0 bridgehead atoms. The molecule has 7 nitrogen and oxygen atoms in total. The molecule has 1 fully saturated rings. The summed E-state index contributed by atoms with van der Waals surface area (Å²) in [5.74, 6) is -0.666. The fourth-order valence-electron chi connectivity index (χ4n) is 5.27. The van der Waals surface area contributed by atoms with Crippen LogP contribution in [0, 0.1) is 13.8 Å². The number of hydrogen-bond donors (Lipinski definition) is 1. The summed E-state index contributed by atoms with van der Waals surface area (Å²) in [5, 5.41) is 3.55. The lowest BCUT2D eigenvalue weighted by molar-refractivity contribution is -0.140. The average Bonchev–Trinajstić information content (AvgIpc) is 3.45. The molecule has 1 saturated carbocycles. The van der Waals surface area contributed by atoms with Crippen LogP contribution in [-0.2, 0) is 26.2 Å². The summed E-state index contributed by atoms with van der Waals surface area (Å²) in [6, 6.07) is 20.0. The first-order chi connectivity index (χ1) is 19.6. The van der Waals surface area contributed by atoms with Gasteiger partial charge in [0.1, 0.15) is 12.6 Å². The summed E-state index contributed by atoms with van der Waals surface area (Å²) in [6.45, 7) is 5.47. The van der Waals surface area contributed by atoms with Crippen molar-refractivity contribution >= 4 is 39.1 Å². The molecule has 0 radical (unpaired) electrons. The number of carbonyl (C=O) groups excluding carboxylic acids is 2. The van der Waals surface area contributed by atoms with Crippen LogP contribution in [0.15, 0.2) is 77.7 Å². The van der Waals surface area contributed by atoms with Gasteiger partial charge in [0.2, 0.25) is 11.8 Å². The third-order valence-corrected chi connectivity index (χ3v) is 9.57. The van der Waals surface area contributed by atoms with Crippen LogP contribution in [0.4, 0.5) is 5.69 Å². The van der Waals surface area contributed by atoms with Gasteiger partial charge >= 0.3 is 0 Å². The standard InChI is InChI=1S/C32H38ClN3O4S/c1-4-30(32(38)34-27-10-5-6-11-27)35(21-25-9-7-8-24(3)20-25)31(37)22-36(28-16-12-23(2)13-17-28)41(39,40)29-18-14-26(33)15-19-29/h7-9,12-20,27,30H,4-6,10-11,21-22H2,1-3H3,(H,34,38)/t30-/m1/s1. The number of carbonyl (C=O) groups is 2. The van der Waals surface area contributed by atoms with Crippen molar-refractivity contribution in [2.24, 2.45) is 0 Å². The Kier molecular flexibility index (Phi) is 10.1. The third-order valence-electron chi connectivity index (χ3n) is 7.53. The van der Waals surface area contributed by atoms with Gasteiger partial charge in [-0.25, -0.2) is 8.42 Å². The monoisotopic (exact) mass is 595 g/mol. The van der Waals surface area contributed by atoms with E-state index in [1.807, 2.05) is 45.0 Å². The van der Waals surface area contributed by atoms with Crippen LogP contribution in [0.3, 0.4) is 0 Å². The number of amides is 2. The van der Waals surface area contributed by atoms with Crippen LogP contribution >= 0.6 is 11.6 Å². The minimum absolute atomic E-state index is 0.0199. The number of aryl methyl sites for hydroxylation is 2. The van der Waals surface area contributed by atoms with Crippen molar-refractivity contribution in [3.05, 3.63) is 94.5 Å². The van der Waals surface area contributed by atoms with Crippen molar-refractivity contribution in [3.8, 4) is 0 Å². The Morgan fingerprint density at radius 1 is 0.951 bits per heavy atom. The molecule has 2 amide bonds. The fourth-order valence-corrected chi connectivity index (χ4v) is 6.81. The molecule has 3 aromatic carbocycles. The van der Waals surface area contributed by atoms with Gasteiger partial charge in [-0.2, -0.15) is 0 Å². The first-order valence-electron chi connectivity index (χ1n) is 14.1. The first-order valence-corrected chi connectivity index (χ1v) is 15.9. The van der Waals surface area contributed by atoms with Crippen molar-refractivity contribution in [1.82, 2.24) is 10.2 Å². The lowest BCUT2D eigenvalue weighted by atomic mass is 10.1. The van der Waals surface area contributed by atoms with E-state index < -0.39 is 28.5 Å². The van der Waals surface area contributed by atoms with Gasteiger partial charge in [-0.3, -0.25) is 13.9 Å². The van der Waals surface area contributed by atoms with Gasteiger partial charge < -0.3 is 10.2 Å². The molecular formula is C32H38ClN3O4S. The zero-order valence-corrected chi connectivity index (χ0v) is 25.4. The number of benzene rings is 3. The van der Waals surface area contributed by atoms with Crippen LogP contribution in [-0.4, -0.2) is 43.8 Å². The molecule has 0 heterocycles. The van der Waals surface area contributed by atoms with E-state index in [0.717, 1.165) is 46.7 Å². The molecule has 0 spiro atoms. The highest BCUT2D eigenvalue weighted by molar-refractivity contribution is 7.92. The number of sulfonamides is 1. The lowest BCUT2D eigenvalue weighted by Crippen LogP contribution is -2.53. The van der Waals surface area contributed by atoms with Gasteiger partial charge in [0.15, 0.2) is 0 Å². The van der Waals surface area contributed by atoms with E-state index in [1.54, 1.807) is 24.3 Å². The molecule has 3 aromatic rings. The van der Waals surface area contributed by atoms with Crippen LogP contribution in [0.5, 0.6) is 0 Å². The predicted octanol–water partition coefficient (Wildman–Crippen LogP) is 6.02. The molecule has 1 aliphatic carbocycles. The fraction of sp³-hybridized carbons (Fsp3) is 0.375. The highest BCUT2D eigenvalue weighted by Crippen LogP contribution is 2.26. The van der Waals surface area contributed by atoms with Crippen molar-refractivity contribution in [2.45, 2.75) is 76.4 Å². The Morgan fingerprint density at radius 2 is 1.61 bits per heavy atom. The quantitative estimate of drug-likeness (QED) is 0.294. The summed E-state index contributed by atoms with van der Waals surface area (Å²) in [7, 11) is -4.14. The van der Waals surface area contributed by atoms with E-state index in [0.29, 0.717) is 17.1 Å². The summed E-state index contributed by atoms with van der Waals surface area (Å²) in [6.07, 6.45) is 4.39. The largest absolute Gasteiger partial charge is 0.352 e. The zero-order valence-electron chi connectivity index (χ0n) is 23.8. The molecule has 0 aromatic heterocycles. The highest BCUT2D eigenvalue weighted by Gasteiger charge is 2.34. The van der Waals surface area contributed by atoms with E-state index in [9.17, 15) is 18.0 Å². The van der Waals surface area contributed by atoms with E-state index in [2.05, 4.69) is 5.32 Å². The molecule has 1 aliphatic rings. The lowest BCUT2D eigenvalue weighted by Gasteiger charge is -2.34. The number of hydrogen-bond acceptors (Lipinski definition) is 4. The second-order valence-corrected chi connectivity index (χ2v) is 13.0. The second kappa shape index (κ2) is 13.5. The van der Waals surface area contributed by atoms with Crippen LogP contribution in [0.2, 0.25) is 5.02 Å². The van der Waals surface area contributed by atoms with Crippen molar-refractivity contribution in [3.63, 3.8) is 0 Å². The Labute approximate surface area is 248 Å². The third kappa shape index (κ3) is 7.68. The minimum atomic E-state index is -4.14. The number of halogens is 1. The van der Waals surface area contributed by atoms with E-state index >= 15 is 0 Å². The molecule has 41 heavy (non-hydrogen) atoms. The number of nitrogens with zero attached hydrogens (tertiary/aromatic N) is 2. The normalized spacial score (nSPS) is 14.4. The van der Waals surface area contributed by atoms with E-state index in [1.165, 1.54) is 29.2 Å². The summed E-state index contributed by atoms with van der Waals surface area (Å²) in [4.78, 5) is 29.2. The maximum Gasteiger partial charge on any atom is 0.264 e. The van der Waals surface area contributed by atoms with Gasteiger partial charge in [-0.15, -0.1) is 0 Å². The van der Waals surface area contributed by atoms with Crippen LogP contribution < -0.4 is 9.62 Å². The molecule has 0 saturated heterocycles. The molecule has 4 rings (SSSR count). The molecule has 1 N–H and O–H groups in total. The van der Waals surface area contributed by atoms with Gasteiger partial charge in [0.05, 0.1) is 10.6 Å². The topological polar surface area (TPSA) is 86.8 Å². The Hall–Kier alpha value is -3.36. The van der Waals surface area contributed by atoms with Gasteiger partial charge in [0.25, 0.3) is 10.0 Å². The first kappa shape index (κ1) is 30.6. The van der Waals surface area contributed by atoms with Crippen molar-refractivity contribution < 1.29 is 18.0 Å². The number of nitrogens with one attached hydrogen (secondary N) is 1. The summed E-state index contributed by atoms with van der Waals surface area (Å²) < 4.78 is 29.0. The number of anilines is 1. The molecule has 0 aliphatic heterocycles. The molecular weight excluding hydrogens is 558 g/mol. The van der Waals surface area contributed by atoms with Gasteiger partial charge in [-0.1, -0.05) is 78.9 Å². The van der Waals surface area contributed by atoms with Crippen molar-refractivity contribution in [1.29, 1.82) is 0 Å². The van der Waals surface area contributed by atoms with Gasteiger partial charge in [0, 0.05) is 17.6 Å². The predicted molar refractivity (Wildman–Crippen MR) is 163 cm³/mol. The summed E-state index contributed by atoms with van der Waals surface area (Å²) in [5.41, 5.74) is 3.22. The van der Waals surface area contributed by atoms with E-state index in [4.69, 9.17) is 11.6 Å². The SMILES string of the molecule is CC[C@H](C(=O)NC1CCCC1)N(Cc1cccc(C)c1)C(=O)CN(c1ccc(C)cc1)S(=O)(=O)c1ccc(Cl)cc1. The second-order valence-electron chi connectivity index (χ2n) is 10.7. The summed E-state index contributed by atoms with van der Waals surface area (Å²) >= 11 is 6.02. The maximum absolute atomic E-state index is 14.2. The minimum Gasteiger partial charge on any atom is -0.352 e. The molecule has 1 atom stereocenters. The Morgan fingerprint density at radius 3 is 2.22 bits per heavy atom. The number of rotatable bonds is 11.